The van der Waals surface area contributed by atoms with E-state index in [2.05, 4.69) is 31.3 Å². The van der Waals surface area contributed by atoms with E-state index in [-0.39, 0.29) is 12.2 Å². The Hall–Kier alpha value is -2.36. The van der Waals surface area contributed by atoms with E-state index in [9.17, 15) is 19.3 Å². The summed E-state index contributed by atoms with van der Waals surface area (Å²) in [5.41, 5.74) is 0.00724. The molecule has 0 aliphatic rings. The number of hydrogen-bond donors (Lipinski definition) is 1. The summed E-state index contributed by atoms with van der Waals surface area (Å²) in [6.07, 6.45) is 1.05. The second kappa shape index (κ2) is 5.74. The number of rotatable bonds is 4. The Labute approximate surface area is 119 Å². The van der Waals surface area contributed by atoms with Crippen LogP contribution in [0.5, 0.6) is 0 Å². The Morgan fingerprint density at radius 2 is 2.30 bits per heavy atom. The van der Waals surface area contributed by atoms with Crippen molar-refractivity contribution in [3.05, 3.63) is 44.9 Å². The van der Waals surface area contributed by atoms with Crippen molar-refractivity contribution in [3.63, 3.8) is 0 Å². The van der Waals surface area contributed by atoms with Crippen molar-refractivity contribution in [1.29, 1.82) is 0 Å². The normalized spacial score (nSPS) is 10.3. The minimum atomic E-state index is -0.775. The Bertz CT molecular complexity index is 675. The molecule has 1 amide bonds. The number of carbonyl (C=O) groups excluding carboxylic acids is 1. The van der Waals surface area contributed by atoms with Gasteiger partial charge in [0, 0.05) is 9.57 Å². The smallest absolute Gasteiger partial charge is 0.390 e. The maximum atomic E-state index is 13.5. The van der Waals surface area contributed by atoms with Gasteiger partial charge in [0.25, 0.3) is 0 Å². The van der Waals surface area contributed by atoms with E-state index in [1.165, 1.54) is 12.1 Å². The minimum absolute atomic E-state index is 0.00724. The van der Waals surface area contributed by atoms with E-state index in [1.54, 1.807) is 6.07 Å². The van der Waals surface area contributed by atoms with Crippen molar-refractivity contribution < 1.29 is 14.1 Å². The summed E-state index contributed by atoms with van der Waals surface area (Å²) in [5, 5.41) is 16.2. The van der Waals surface area contributed by atoms with Gasteiger partial charge in [0.15, 0.2) is 0 Å². The van der Waals surface area contributed by atoms with Crippen LogP contribution >= 0.6 is 15.9 Å². The standard InChI is InChI=1S/C10H7BrFN5O3/c11-6-1-2-8(7(12)3-6)14-9(18)4-16-5-13-10(15-16)17(19)20/h1-3,5H,4H2,(H,14,18). The molecule has 2 aromatic rings. The van der Waals surface area contributed by atoms with Crippen LogP contribution < -0.4 is 5.32 Å². The van der Waals surface area contributed by atoms with Gasteiger partial charge in [-0.05, 0) is 23.1 Å². The molecule has 8 nitrogen and oxygen atoms in total. The number of nitrogens with zero attached hydrogens (tertiary/aromatic N) is 4. The number of benzene rings is 1. The lowest BCUT2D eigenvalue weighted by Crippen LogP contribution is -2.19. The molecular formula is C10H7BrFN5O3. The van der Waals surface area contributed by atoms with Gasteiger partial charge in [-0.3, -0.25) is 4.79 Å². The summed E-state index contributed by atoms with van der Waals surface area (Å²) in [6, 6.07) is 4.16. The van der Waals surface area contributed by atoms with Crippen LogP contribution in [-0.2, 0) is 11.3 Å². The molecule has 1 N–H and O–H groups in total. The first-order chi connectivity index (χ1) is 9.45. The van der Waals surface area contributed by atoms with Crippen molar-refractivity contribution in [2.45, 2.75) is 6.54 Å². The Morgan fingerprint density at radius 1 is 1.55 bits per heavy atom. The van der Waals surface area contributed by atoms with Crippen LogP contribution in [0.4, 0.5) is 16.0 Å². The minimum Gasteiger partial charge on any atom is -0.390 e. The molecule has 0 saturated heterocycles. The monoisotopic (exact) mass is 343 g/mol. The van der Waals surface area contributed by atoms with Gasteiger partial charge in [0.05, 0.1) is 5.69 Å². The predicted octanol–water partition coefficient (Wildman–Crippen LogP) is 1.73. The Balaban J connectivity index is 2.03. The van der Waals surface area contributed by atoms with Crippen molar-refractivity contribution in [2.75, 3.05) is 5.32 Å². The fraction of sp³-hybridized carbons (Fsp3) is 0.100. The molecule has 104 valence electrons. The van der Waals surface area contributed by atoms with Gasteiger partial charge in [0.1, 0.15) is 12.4 Å². The molecule has 0 bridgehead atoms. The molecule has 0 aliphatic heterocycles. The molecule has 20 heavy (non-hydrogen) atoms. The van der Waals surface area contributed by atoms with E-state index >= 15 is 0 Å². The Kier molecular flexibility index (Phi) is 4.03. The molecule has 1 aromatic carbocycles. The van der Waals surface area contributed by atoms with Gasteiger partial charge in [-0.2, -0.15) is 4.68 Å². The van der Waals surface area contributed by atoms with Crippen LogP contribution in [0.3, 0.4) is 0 Å². The molecule has 10 heteroatoms. The summed E-state index contributed by atoms with van der Waals surface area (Å²) in [7, 11) is 0. The first-order valence-corrected chi connectivity index (χ1v) is 6.04. The second-order valence-electron chi connectivity index (χ2n) is 3.67. The molecule has 2 rings (SSSR count). The number of carbonyl (C=O) groups is 1. The molecule has 1 heterocycles. The van der Waals surface area contributed by atoms with Crippen molar-refractivity contribution in [2.24, 2.45) is 0 Å². The highest BCUT2D eigenvalue weighted by atomic mass is 79.9. The Morgan fingerprint density at radius 3 is 2.90 bits per heavy atom. The summed E-state index contributed by atoms with van der Waals surface area (Å²) in [5.74, 6) is -1.78. The molecule has 0 saturated carbocycles. The highest BCUT2D eigenvalue weighted by Gasteiger charge is 2.16. The zero-order valence-electron chi connectivity index (χ0n) is 9.79. The summed E-state index contributed by atoms with van der Waals surface area (Å²) in [6.45, 7) is -0.309. The second-order valence-corrected chi connectivity index (χ2v) is 4.59. The van der Waals surface area contributed by atoms with Gasteiger partial charge in [0.2, 0.25) is 12.2 Å². The maximum Gasteiger partial charge on any atom is 0.490 e. The SMILES string of the molecule is O=C(Cn1cnc([N+](=O)[O-])n1)Nc1ccc(Br)cc1F. The molecule has 0 spiro atoms. The van der Waals surface area contributed by atoms with E-state index in [1.807, 2.05) is 0 Å². The largest absolute Gasteiger partial charge is 0.490 e. The fourth-order valence-electron chi connectivity index (χ4n) is 1.37. The van der Waals surface area contributed by atoms with Crippen LogP contribution in [0.2, 0.25) is 0 Å². The van der Waals surface area contributed by atoms with Gasteiger partial charge >= 0.3 is 5.95 Å². The third kappa shape index (κ3) is 3.35. The van der Waals surface area contributed by atoms with Gasteiger partial charge in [-0.25, -0.2) is 4.39 Å². The van der Waals surface area contributed by atoms with E-state index < -0.39 is 22.6 Å². The summed E-state index contributed by atoms with van der Waals surface area (Å²) < 4.78 is 15.0. The zero-order chi connectivity index (χ0) is 14.7. The highest BCUT2D eigenvalue weighted by molar-refractivity contribution is 9.10. The van der Waals surface area contributed by atoms with Crippen molar-refractivity contribution in [1.82, 2.24) is 14.8 Å². The number of hydrogen-bond acceptors (Lipinski definition) is 5. The number of aromatic nitrogens is 3. The fourth-order valence-corrected chi connectivity index (χ4v) is 1.71. The number of halogens is 2. The molecule has 0 radical (unpaired) electrons. The lowest BCUT2D eigenvalue weighted by molar-refractivity contribution is -0.394. The van der Waals surface area contributed by atoms with Crippen LogP contribution in [0.25, 0.3) is 0 Å². The van der Waals surface area contributed by atoms with Crippen LogP contribution in [0.1, 0.15) is 0 Å². The number of nitrogens with one attached hydrogen (secondary N) is 1. The van der Waals surface area contributed by atoms with Gasteiger partial charge in [-0.1, -0.05) is 20.9 Å². The molecule has 0 fully saturated rings. The molecule has 0 aliphatic carbocycles. The zero-order valence-corrected chi connectivity index (χ0v) is 11.4. The third-order valence-corrected chi connectivity index (χ3v) is 2.69. The van der Waals surface area contributed by atoms with Crippen molar-refractivity contribution >= 4 is 33.5 Å². The first kappa shape index (κ1) is 14.1. The predicted molar refractivity (Wildman–Crippen MR) is 69.4 cm³/mol. The quantitative estimate of drug-likeness (QED) is 0.672. The molecule has 0 atom stereocenters. The lowest BCUT2D eigenvalue weighted by Gasteiger charge is -2.05. The average molecular weight is 344 g/mol. The topological polar surface area (TPSA) is 103 Å². The highest BCUT2D eigenvalue weighted by Crippen LogP contribution is 2.19. The van der Waals surface area contributed by atoms with E-state index in [0.717, 1.165) is 11.0 Å². The number of amides is 1. The number of anilines is 1. The first-order valence-electron chi connectivity index (χ1n) is 5.24. The van der Waals surface area contributed by atoms with E-state index in [4.69, 9.17) is 0 Å². The lowest BCUT2D eigenvalue weighted by atomic mass is 10.3. The summed E-state index contributed by atoms with van der Waals surface area (Å²) >= 11 is 3.09. The molecular weight excluding hydrogens is 337 g/mol. The van der Waals surface area contributed by atoms with Crippen LogP contribution in [0, 0.1) is 15.9 Å². The van der Waals surface area contributed by atoms with Gasteiger partial charge < -0.3 is 15.4 Å². The molecule has 1 aromatic heterocycles. The number of nitro groups is 1. The maximum absolute atomic E-state index is 13.5. The third-order valence-electron chi connectivity index (χ3n) is 2.20. The molecule has 0 unspecified atom stereocenters. The van der Waals surface area contributed by atoms with Crippen LogP contribution in [-0.4, -0.2) is 25.6 Å². The van der Waals surface area contributed by atoms with Crippen molar-refractivity contribution in [3.8, 4) is 0 Å². The van der Waals surface area contributed by atoms with Crippen LogP contribution in [0.15, 0.2) is 29.0 Å². The van der Waals surface area contributed by atoms with E-state index in [0.29, 0.717) is 4.47 Å². The van der Waals surface area contributed by atoms with Gasteiger partial charge in [-0.15, -0.1) is 0 Å². The summed E-state index contributed by atoms with van der Waals surface area (Å²) in [4.78, 5) is 24.7. The average Bonchev–Trinajstić information content (AvgIpc) is 2.81.